The van der Waals surface area contributed by atoms with E-state index in [9.17, 15) is 9.59 Å². The van der Waals surface area contributed by atoms with Gasteiger partial charge in [-0.3, -0.25) is 9.59 Å². The van der Waals surface area contributed by atoms with Crippen molar-refractivity contribution in [2.24, 2.45) is 5.92 Å². The van der Waals surface area contributed by atoms with E-state index < -0.39 is 5.60 Å². The van der Waals surface area contributed by atoms with E-state index in [0.717, 1.165) is 4.47 Å². The fourth-order valence-electron chi connectivity index (χ4n) is 4.41. The van der Waals surface area contributed by atoms with Gasteiger partial charge in [-0.1, -0.05) is 34.1 Å². The van der Waals surface area contributed by atoms with Gasteiger partial charge in [-0.15, -0.1) is 0 Å². The highest BCUT2D eigenvalue weighted by molar-refractivity contribution is 9.10. The molecule has 1 amide bonds. The summed E-state index contributed by atoms with van der Waals surface area (Å²) in [5.41, 5.74) is 0.568. The Morgan fingerprint density at radius 1 is 1.21 bits per heavy atom. The van der Waals surface area contributed by atoms with Gasteiger partial charge >= 0.3 is 0 Å². The highest BCUT2D eigenvalue weighted by Crippen LogP contribution is 2.45. The number of rotatable bonds is 3. The molecule has 29 heavy (non-hydrogen) atoms. The summed E-state index contributed by atoms with van der Waals surface area (Å²) >= 11 is 3.45. The number of piperidine rings is 1. The summed E-state index contributed by atoms with van der Waals surface area (Å²) in [6, 6.07) is 16.8. The van der Waals surface area contributed by atoms with Crippen molar-refractivity contribution < 1.29 is 14.3 Å². The van der Waals surface area contributed by atoms with E-state index in [4.69, 9.17) is 10.00 Å². The third kappa shape index (κ3) is 3.67. The first kappa shape index (κ1) is 19.7. The van der Waals surface area contributed by atoms with Crippen LogP contribution in [0.3, 0.4) is 0 Å². The van der Waals surface area contributed by atoms with Gasteiger partial charge in [-0.05, 0) is 36.8 Å². The van der Waals surface area contributed by atoms with Crippen LogP contribution in [0.2, 0.25) is 0 Å². The topological polar surface area (TPSA) is 70.4 Å². The number of Topliss-reactive ketones (excluding diaryl/α,β-unsaturated/α-hetero) is 1. The molecule has 2 aliphatic rings. The van der Waals surface area contributed by atoms with Crippen molar-refractivity contribution in [2.45, 2.75) is 31.3 Å². The van der Waals surface area contributed by atoms with Gasteiger partial charge in [0.1, 0.15) is 11.4 Å². The summed E-state index contributed by atoms with van der Waals surface area (Å²) in [4.78, 5) is 27.9. The molecule has 1 spiro atoms. The van der Waals surface area contributed by atoms with Gasteiger partial charge < -0.3 is 9.64 Å². The Kier molecular flexibility index (Phi) is 5.42. The first-order chi connectivity index (χ1) is 14.0. The lowest BCUT2D eigenvalue weighted by Crippen LogP contribution is -2.57. The molecule has 1 unspecified atom stereocenters. The van der Waals surface area contributed by atoms with Crippen molar-refractivity contribution in [3.8, 4) is 11.8 Å². The molecule has 0 radical (unpaired) electrons. The van der Waals surface area contributed by atoms with E-state index in [1.165, 1.54) is 0 Å². The molecule has 1 fully saturated rings. The minimum Gasteiger partial charge on any atom is -0.486 e. The molecular formula is C23H21BrN2O3. The number of nitrogens with zero attached hydrogens (tertiary/aromatic N) is 2. The predicted octanol–water partition coefficient (Wildman–Crippen LogP) is 4.62. The molecule has 148 valence electrons. The lowest BCUT2D eigenvalue weighted by Gasteiger charge is -2.48. The van der Waals surface area contributed by atoms with E-state index in [-0.39, 0.29) is 17.6 Å². The number of halogens is 1. The number of hydrogen-bond donors (Lipinski definition) is 0. The highest BCUT2D eigenvalue weighted by atomic mass is 79.9. The lowest BCUT2D eigenvalue weighted by atomic mass is 9.71. The Balaban J connectivity index is 1.59. The molecule has 5 nitrogen and oxygen atoms in total. The molecule has 0 N–H and O–H groups in total. The minimum absolute atomic E-state index is 0.000643. The smallest absolute Gasteiger partial charge is 0.253 e. The van der Waals surface area contributed by atoms with Gasteiger partial charge in [0.25, 0.3) is 5.91 Å². The van der Waals surface area contributed by atoms with Gasteiger partial charge in [-0.25, -0.2) is 0 Å². The number of amides is 1. The van der Waals surface area contributed by atoms with Crippen molar-refractivity contribution in [2.75, 3.05) is 13.1 Å². The van der Waals surface area contributed by atoms with Crippen LogP contribution in [-0.4, -0.2) is 35.3 Å². The maximum atomic E-state index is 13.3. The van der Waals surface area contributed by atoms with E-state index in [1.807, 2.05) is 47.4 Å². The van der Waals surface area contributed by atoms with Crippen molar-refractivity contribution in [3.05, 3.63) is 64.1 Å². The molecule has 0 aliphatic carbocycles. The highest BCUT2D eigenvalue weighted by Gasteiger charge is 2.51. The molecule has 2 aromatic carbocycles. The summed E-state index contributed by atoms with van der Waals surface area (Å²) in [5.74, 6) is 0.251. The largest absolute Gasteiger partial charge is 0.486 e. The molecule has 2 heterocycles. The van der Waals surface area contributed by atoms with Crippen LogP contribution in [0.1, 0.15) is 46.4 Å². The van der Waals surface area contributed by atoms with Crippen LogP contribution in [-0.2, 0) is 0 Å². The van der Waals surface area contributed by atoms with Crippen LogP contribution >= 0.6 is 15.9 Å². The molecule has 0 bridgehead atoms. The Hall–Kier alpha value is -2.65. The monoisotopic (exact) mass is 452 g/mol. The zero-order valence-electron chi connectivity index (χ0n) is 15.9. The summed E-state index contributed by atoms with van der Waals surface area (Å²) in [7, 11) is 0. The number of likely N-dealkylation sites (tertiary alicyclic amines) is 1. The van der Waals surface area contributed by atoms with Gasteiger partial charge in [0.05, 0.1) is 17.6 Å². The van der Waals surface area contributed by atoms with Crippen LogP contribution in [0, 0.1) is 17.2 Å². The average molecular weight is 453 g/mol. The maximum Gasteiger partial charge on any atom is 0.253 e. The maximum absolute atomic E-state index is 13.3. The van der Waals surface area contributed by atoms with Gasteiger partial charge in [0, 0.05) is 42.4 Å². The molecule has 1 atom stereocenters. The summed E-state index contributed by atoms with van der Waals surface area (Å²) < 4.78 is 7.31. The quantitative estimate of drug-likeness (QED) is 0.680. The van der Waals surface area contributed by atoms with Crippen LogP contribution in [0.15, 0.2) is 53.0 Å². The number of ketones is 1. The standard InChI is InChI=1S/C23H21BrN2O3/c24-17-8-9-18-20(15-17)29-23(19(21(18)27)7-4-12-25)10-13-26(14-11-23)22(28)16-5-2-1-3-6-16/h1-3,5-6,8-9,15,19H,4,7,10-11,13-14H2. The Labute approximate surface area is 178 Å². The van der Waals surface area contributed by atoms with E-state index in [1.54, 1.807) is 6.07 Å². The van der Waals surface area contributed by atoms with Crippen molar-refractivity contribution in [1.29, 1.82) is 5.26 Å². The van der Waals surface area contributed by atoms with Crippen LogP contribution in [0.4, 0.5) is 0 Å². The van der Waals surface area contributed by atoms with Gasteiger partial charge in [0.2, 0.25) is 0 Å². The van der Waals surface area contributed by atoms with Gasteiger partial charge in [0.15, 0.2) is 5.78 Å². The number of ether oxygens (including phenoxy) is 1. The van der Waals surface area contributed by atoms with Crippen LogP contribution in [0.5, 0.6) is 5.75 Å². The fraction of sp³-hybridized carbons (Fsp3) is 0.348. The third-order valence-electron chi connectivity index (χ3n) is 5.94. The molecule has 6 heteroatoms. The van der Waals surface area contributed by atoms with Crippen molar-refractivity contribution >= 4 is 27.6 Å². The second-order valence-electron chi connectivity index (χ2n) is 7.58. The Bertz CT molecular complexity index is 975. The number of fused-ring (bicyclic) bond motifs is 1. The molecule has 4 rings (SSSR count). The summed E-state index contributed by atoms with van der Waals surface area (Å²) in [5, 5.41) is 9.08. The van der Waals surface area contributed by atoms with Crippen LogP contribution < -0.4 is 4.74 Å². The van der Waals surface area contributed by atoms with Gasteiger partial charge in [-0.2, -0.15) is 5.26 Å². The fourth-order valence-corrected chi connectivity index (χ4v) is 4.75. The van der Waals surface area contributed by atoms with E-state index >= 15 is 0 Å². The molecule has 1 saturated heterocycles. The van der Waals surface area contributed by atoms with Crippen molar-refractivity contribution in [1.82, 2.24) is 4.90 Å². The predicted molar refractivity (Wildman–Crippen MR) is 112 cm³/mol. The minimum atomic E-state index is -0.671. The SMILES string of the molecule is N#CCCC1C(=O)c2ccc(Br)cc2OC12CCN(C(=O)c1ccccc1)CC2. The lowest BCUT2D eigenvalue weighted by molar-refractivity contribution is -0.0412. The zero-order chi connectivity index (χ0) is 20.4. The number of hydrogen-bond acceptors (Lipinski definition) is 4. The number of nitriles is 1. The molecule has 2 aliphatic heterocycles. The van der Waals surface area contributed by atoms with Crippen LogP contribution in [0.25, 0.3) is 0 Å². The molecule has 2 aromatic rings. The average Bonchev–Trinajstić information content (AvgIpc) is 2.74. The second kappa shape index (κ2) is 8.00. The first-order valence-electron chi connectivity index (χ1n) is 9.78. The zero-order valence-corrected chi connectivity index (χ0v) is 17.5. The molecular weight excluding hydrogens is 432 g/mol. The second-order valence-corrected chi connectivity index (χ2v) is 8.49. The summed E-state index contributed by atoms with van der Waals surface area (Å²) in [6.45, 7) is 1.04. The molecule has 0 saturated carbocycles. The molecule has 0 aromatic heterocycles. The first-order valence-corrected chi connectivity index (χ1v) is 10.6. The van der Waals surface area contributed by atoms with Crippen molar-refractivity contribution in [3.63, 3.8) is 0 Å². The van der Waals surface area contributed by atoms with E-state index in [0.29, 0.717) is 55.6 Å². The number of carbonyl (C=O) groups excluding carboxylic acids is 2. The Morgan fingerprint density at radius 3 is 2.62 bits per heavy atom. The third-order valence-corrected chi connectivity index (χ3v) is 6.43. The Morgan fingerprint density at radius 2 is 1.93 bits per heavy atom. The normalized spacial score (nSPS) is 19.9. The van der Waals surface area contributed by atoms with E-state index in [2.05, 4.69) is 22.0 Å². The number of benzene rings is 2. The number of carbonyl (C=O) groups is 2. The summed E-state index contributed by atoms with van der Waals surface area (Å²) in [6.07, 6.45) is 1.91.